The quantitative estimate of drug-likeness (QED) is 0.218. The number of amides is 2. The number of carbonyl (C=O) groups is 2. The number of hydrogen-bond acceptors (Lipinski definition) is 5. The molecule has 1 fully saturated rings. The average molecular weight is 620 g/mol. The molecule has 1 N–H and O–H groups in total. The molecule has 0 spiro atoms. The van der Waals surface area contributed by atoms with Gasteiger partial charge in [-0.15, -0.1) is 0 Å². The third-order valence-electron chi connectivity index (χ3n) is 7.53. The van der Waals surface area contributed by atoms with Crippen molar-refractivity contribution < 1.29 is 22.4 Å². The zero-order chi connectivity index (χ0) is 30.2. The maximum absolute atomic E-state index is 13.9. The predicted octanol–water partition coefficient (Wildman–Crippen LogP) is 5.74. The van der Waals surface area contributed by atoms with E-state index in [1.807, 2.05) is 42.5 Å². The molecule has 0 bridgehead atoms. The highest BCUT2D eigenvalue weighted by Gasteiger charge is 2.32. The Hall–Kier alpha value is -3.92. The van der Waals surface area contributed by atoms with Gasteiger partial charge >= 0.3 is 0 Å². The summed E-state index contributed by atoms with van der Waals surface area (Å²) in [6.07, 6.45) is 3.80. The van der Waals surface area contributed by atoms with Crippen LogP contribution in [-0.4, -0.2) is 42.5 Å². The van der Waals surface area contributed by atoms with Crippen molar-refractivity contribution in [2.45, 2.75) is 49.7 Å². The van der Waals surface area contributed by atoms with Crippen molar-refractivity contribution in [1.82, 2.24) is 14.5 Å². The van der Waals surface area contributed by atoms with E-state index >= 15 is 0 Å². The molecule has 1 saturated heterocycles. The summed E-state index contributed by atoms with van der Waals surface area (Å²) in [6.45, 7) is 1.46. The van der Waals surface area contributed by atoms with Gasteiger partial charge in [0.05, 0.1) is 17.7 Å². The topological polar surface area (TPSA) is 99.9 Å². The highest BCUT2D eigenvalue weighted by atomic mass is 35.5. The fourth-order valence-electron chi connectivity index (χ4n) is 5.20. The molecule has 4 aromatic rings. The van der Waals surface area contributed by atoms with Gasteiger partial charge in [-0.2, -0.15) is 4.31 Å². The smallest absolute Gasteiger partial charge is 0.247 e. The minimum Gasteiger partial charge on any atom is -0.467 e. The Labute approximate surface area is 257 Å². The molecule has 0 radical (unpaired) electrons. The lowest BCUT2D eigenvalue weighted by molar-refractivity contribution is -0.141. The number of nitrogens with one attached hydrogen (secondary N) is 1. The zero-order valence-corrected chi connectivity index (χ0v) is 25.3. The summed E-state index contributed by atoms with van der Waals surface area (Å²) >= 11 is 6.11. The van der Waals surface area contributed by atoms with Crippen molar-refractivity contribution >= 4 is 33.4 Å². The molecule has 10 heteroatoms. The summed E-state index contributed by atoms with van der Waals surface area (Å²) in [6, 6.07) is 25.7. The Morgan fingerprint density at radius 2 is 1.56 bits per heavy atom. The van der Waals surface area contributed by atoms with E-state index < -0.39 is 16.1 Å². The highest BCUT2D eigenvalue weighted by molar-refractivity contribution is 7.89. The molecule has 0 aliphatic carbocycles. The first-order valence-corrected chi connectivity index (χ1v) is 16.1. The van der Waals surface area contributed by atoms with Crippen LogP contribution in [-0.2, 0) is 39.1 Å². The number of aryl methyl sites for hydroxylation is 1. The van der Waals surface area contributed by atoms with E-state index in [1.165, 1.54) is 4.31 Å². The van der Waals surface area contributed by atoms with Gasteiger partial charge in [-0.05, 0) is 72.4 Å². The number of hydrogen-bond donors (Lipinski definition) is 1. The molecule has 0 saturated carbocycles. The molecule has 3 aromatic carbocycles. The molecule has 1 atom stereocenters. The van der Waals surface area contributed by atoms with Gasteiger partial charge in [0.1, 0.15) is 11.8 Å². The molecule has 1 aliphatic rings. The fraction of sp³-hybridized carbons (Fsp3) is 0.273. The number of halogens is 1. The van der Waals surface area contributed by atoms with E-state index in [9.17, 15) is 18.0 Å². The molecule has 2 amide bonds. The van der Waals surface area contributed by atoms with Crippen LogP contribution >= 0.6 is 11.6 Å². The first kappa shape index (κ1) is 30.5. The van der Waals surface area contributed by atoms with Gasteiger partial charge in [0.15, 0.2) is 0 Å². The third kappa shape index (κ3) is 7.73. The summed E-state index contributed by atoms with van der Waals surface area (Å²) in [7, 11) is -3.51. The van der Waals surface area contributed by atoms with Gasteiger partial charge in [-0.1, -0.05) is 66.2 Å². The van der Waals surface area contributed by atoms with E-state index in [2.05, 4.69) is 5.32 Å². The van der Waals surface area contributed by atoms with Crippen molar-refractivity contribution in [1.29, 1.82) is 0 Å². The minimum atomic E-state index is -3.51. The SMILES string of the molecule is O=C(NCc1ccco1)[C@H](c1ccccc1)N(Cc1ccc(Cl)cc1)C(=O)CCc1ccc(S(=O)(=O)N2CCCC2)cc1. The summed E-state index contributed by atoms with van der Waals surface area (Å²) < 4.78 is 32.7. The molecule has 43 heavy (non-hydrogen) atoms. The van der Waals surface area contributed by atoms with E-state index in [0.717, 1.165) is 24.0 Å². The van der Waals surface area contributed by atoms with Crippen LogP contribution in [0.15, 0.2) is 107 Å². The van der Waals surface area contributed by atoms with Crippen LogP contribution in [0.1, 0.15) is 47.8 Å². The second-order valence-corrected chi connectivity index (χ2v) is 12.9. The fourth-order valence-corrected chi connectivity index (χ4v) is 6.85. The Bertz CT molecular complexity index is 1600. The molecule has 1 aromatic heterocycles. The predicted molar refractivity (Wildman–Crippen MR) is 164 cm³/mol. The van der Waals surface area contributed by atoms with Crippen molar-refractivity contribution in [3.8, 4) is 0 Å². The van der Waals surface area contributed by atoms with Crippen LogP contribution in [0.5, 0.6) is 0 Å². The number of carbonyl (C=O) groups excluding carboxylic acids is 2. The average Bonchev–Trinajstić information content (AvgIpc) is 3.76. The minimum absolute atomic E-state index is 0.126. The van der Waals surface area contributed by atoms with Gasteiger partial charge < -0.3 is 14.6 Å². The molecule has 0 unspecified atom stereocenters. The zero-order valence-electron chi connectivity index (χ0n) is 23.7. The van der Waals surface area contributed by atoms with Crippen molar-refractivity contribution in [3.63, 3.8) is 0 Å². The van der Waals surface area contributed by atoms with Crippen LogP contribution in [0.2, 0.25) is 5.02 Å². The Morgan fingerprint density at radius 1 is 0.884 bits per heavy atom. The van der Waals surface area contributed by atoms with Crippen LogP contribution in [0.4, 0.5) is 0 Å². The molecular formula is C33H34ClN3O5S. The van der Waals surface area contributed by atoms with Crippen LogP contribution in [0, 0.1) is 0 Å². The maximum Gasteiger partial charge on any atom is 0.247 e. The summed E-state index contributed by atoms with van der Waals surface area (Å²) in [5, 5.41) is 3.50. The van der Waals surface area contributed by atoms with Gasteiger partial charge in [-0.3, -0.25) is 9.59 Å². The van der Waals surface area contributed by atoms with E-state index in [-0.39, 0.29) is 36.2 Å². The van der Waals surface area contributed by atoms with Crippen LogP contribution < -0.4 is 5.32 Å². The van der Waals surface area contributed by atoms with Crippen LogP contribution in [0.3, 0.4) is 0 Å². The monoisotopic (exact) mass is 619 g/mol. The molecule has 224 valence electrons. The Morgan fingerprint density at radius 3 is 2.21 bits per heavy atom. The second kappa shape index (κ2) is 14.0. The molecule has 2 heterocycles. The molecule has 5 rings (SSSR count). The molecule has 1 aliphatic heterocycles. The lowest BCUT2D eigenvalue weighted by Crippen LogP contribution is -2.43. The molecule has 8 nitrogen and oxygen atoms in total. The maximum atomic E-state index is 13.9. The second-order valence-electron chi connectivity index (χ2n) is 10.5. The van der Waals surface area contributed by atoms with Crippen LogP contribution in [0.25, 0.3) is 0 Å². The van der Waals surface area contributed by atoms with Gasteiger partial charge in [0.25, 0.3) is 0 Å². The van der Waals surface area contributed by atoms with Crippen molar-refractivity contribution in [2.24, 2.45) is 0 Å². The largest absolute Gasteiger partial charge is 0.467 e. The van der Waals surface area contributed by atoms with Gasteiger partial charge in [-0.25, -0.2) is 8.42 Å². The third-order valence-corrected chi connectivity index (χ3v) is 9.70. The van der Waals surface area contributed by atoms with E-state index in [4.69, 9.17) is 16.0 Å². The Balaban J connectivity index is 1.37. The van der Waals surface area contributed by atoms with E-state index in [1.54, 1.807) is 59.7 Å². The number of rotatable bonds is 12. The standard InChI is InChI=1S/C33H34ClN3O5S/c34-28-15-10-26(11-16-28)24-37(32(27-7-2-1-3-8-27)33(39)35-23-29-9-6-22-42-29)31(38)19-14-25-12-17-30(18-13-25)43(40,41)36-20-4-5-21-36/h1-3,6-13,15-18,22,32H,4-5,14,19-21,23-24H2,(H,35,39)/t32-/m0/s1. The van der Waals surface area contributed by atoms with Gasteiger partial charge in [0.2, 0.25) is 21.8 Å². The first-order chi connectivity index (χ1) is 20.8. The number of sulfonamides is 1. The molecular weight excluding hydrogens is 586 g/mol. The van der Waals surface area contributed by atoms with E-state index in [0.29, 0.717) is 35.9 Å². The summed E-state index contributed by atoms with van der Waals surface area (Å²) in [4.78, 5) is 29.5. The number of furan rings is 1. The normalized spacial score (nSPS) is 14.3. The first-order valence-electron chi connectivity index (χ1n) is 14.3. The summed E-state index contributed by atoms with van der Waals surface area (Å²) in [5.41, 5.74) is 2.34. The van der Waals surface area contributed by atoms with Crippen molar-refractivity contribution in [2.75, 3.05) is 13.1 Å². The summed E-state index contributed by atoms with van der Waals surface area (Å²) in [5.74, 6) is 0.0537. The van der Waals surface area contributed by atoms with Gasteiger partial charge in [0, 0.05) is 31.1 Å². The number of benzene rings is 3. The lowest BCUT2D eigenvalue weighted by atomic mass is 10.0. The Kier molecular flexibility index (Phi) is 9.97. The van der Waals surface area contributed by atoms with Crippen molar-refractivity contribution in [3.05, 3.63) is 125 Å². The lowest BCUT2D eigenvalue weighted by Gasteiger charge is -2.32. The highest BCUT2D eigenvalue weighted by Crippen LogP contribution is 2.27. The number of nitrogens with zero attached hydrogens (tertiary/aromatic N) is 2.